The third-order valence-electron chi connectivity index (χ3n) is 3.77. The molecule has 0 radical (unpaired) electrons. The Morgan fingerprint density at radius 1 is 1.29 bits per heavy atom. The zero-order valence-electron chi connectivity index (χ0n) is 13.2. The molecule has 0 amide bonds. The highest BCUT2D eigenvalue weighted by Gasteiger charge is 2.20. The maximum absolute atomic E-state index is 10.7. The molecule has 0 aliphatic carbocycles. The van der Waals surface area contributed by atoms with Gasteiger partial charge in [0.15, 0.2) is 0 Å². The van der Waals surface area contributed by atoms with Crippen LogP contribution in [0.5, 0.6) is 0 Å². The molecule has 1 atom stereocenters. The van der Waals surface area contributed by atoms with Crippen LogP contribution in [0.25, 0.3) is 11.5 Å². The van der Waals surface area contributed by atoms with E-state index in [-0.39, 0.29) is 11.7 Å². The Morgan fingerprint density at radius 3 is 2.67 bits per heavy atom. The fraction of sp³-hybridized carbons (Fsp3) is 0.250. The van der Waals surface area contributed by atoms with E-state index in [4.69, 9.17) is 4.42 Å². The van der Waals surface area contributed by atoms with Crippen LogP contribution in [-0.2, 0) is 6.54 Å². The van der Waals surface area contributed by atoms with E-state index < -0.39 is 4.92 Å². The van der Waals surface area contributed by atoms with Crippen molar-refractivity contribution < 1.29 is 9.34 Å². The third-order valence-corrected chi connectivity index (χ3v) is 4.63. The van der Waals surface area contributed by atoms with Gasteiger partial charge in [-0.05, 0) is 37.6 Å². The van der Waals surface area contributed by atoms with Crippen molar-refractivity contribution in [2.75, 3.05) is 7.05 Å². The quantitative estimate of drug-likeness (QED) is 0.498. The van der Waals surface area contributed by atoms with E-state index in [0.717, 1.165) is 6.54 Å². The van der Waals surface area contributed by atoms with Gasteiger partial charge in [0.05, 0.1) is 11.0 Å². The lowest BCUT2D eigenvalue weighted by atomic mass is 10.2. The van der Waals surface area contributed by atoms with Crippen LogP contribution in [0, 0.1) is 10.1 Å². The lowest BCUT2D eigenvalue weighted by molar-refractivity contribution is -0.384. The Bertz CT molecular complexity index is 814. The molecular weight excluding hydrogens is 328 g/mol. The number of rotatable bonds is 6. The average molecular weight is 344 g/mol. The molecule has 0 aliphatic heterocycles. The summed E-state index contributed by atoms with van der Waals surface area (Å²) in [5, 5.41) is 20.9. The smallest absolute Gasteiger partial charge is 0.269 e. The fourth-order valence-corrected chi connectivity index (χ4v) is 2.99. The van der Waals surface area contributed by atoms with E-state index in [9.17, 15) is 10.1 Å². The van der Waals surface area contributed by atoms with E-state index >= 15 is 0 Å². The van der Waals surface area contributed by atoms with E-state index in [2.05, 4.69) is 21.2 Å². The van der Waals surface area contributed by atoms with Gasteiger partial charge in [-0.15, -0.1) is 21.5 Å². The molecule has 2 heterocycles. The number of hydrogen-bond acceptors (Lipinski definition) is 7. The van der Waals surface area contributed by atoms with Crippen LogP contribution >= 0.6 is 11.3 Å². The van der Waals surface area contributed by atoms with Crippen molar-refractivity contribution in [1.29, 1.82) is 0 Å². The first kappa shape index (κ1) is 16.3. The summed E-state index contributed by atoms with van der Waals surface area (Å²) in [7, 11) is 2.00. The number of nitrogens with zero attached hydrogens (tertiary/aromatic N) is 4. The lowest BCUT2D eigenvalue weighted by Gasteiger charge is -2.20. The van der Waals surface area contributed by atoms with E-state index in [1.54, 1.807) is 23.5 Å². The first-order valence-corrected chi connectivity index (χ1v) is 8.23. The van der Waals surface area contributed by atoms with Crippen LogP contribution in [0.4, 0.5) is 5.69 Å². The lowest BCUT2D eigenvalue weighted by Crippen LogP contribution is -2.21. The van der Waals surface area contributed by atoms with Gasteiger partial charge in [0.1, 0.15) is 0 Å². The Labute approximate surface area is 142 Å². The molecule has 0 unspecified atom stereocenters. The molecule has 1 aromatic carbocycles. The molecule has 0 saturated carbocycles. The standard InChI is InChI=1S/C16H16N4O3S/c1-11(19(2)10-14-4-3-9-24-14)15-17-18-16(23-15)12-5-7-13(8-6-12)20(21)22/h3-9,11H,10H2,1-2H3/t11-/m1/s1. The number of nitro benzene ring substituents is 1. The van der Waals surface area contributed by atoms with Crippen LogP contribution < -0.4 is 0 Å². The minimum Gasteiger partial charge on any atom is -0.419 e. The Hall–Kier alpha value is -2.58. The summed E-state index contributed by atoms with van der Waals surface area (Å²) in [6, 6.07) is 10.1. The zero-order valence-corrected chi connectivity index (χ0v) is 14.1. The van der Waals surface area contributed by atoms with Crippen molar-refractivity contribution in [3.05, 3.63) is 62.7 Å². The summed E-state index contributed by atoms with van der Waals surface area (Å²) in [6.07, 6.45) is 0. The second-order valence-electron chi connectivity index (χ2n) is 5.42. The Morgan fingerprint density at radius 2 is 2.04 bits per heavy atom. The van der Waals surface area contributed by atoms with Crippen molar-refractivity contribution in [2.24, 2.45) is 0 Å². The maximum Gasteiger partial charge on any atom is 0.269 e. The monoisotopic (exact) mass is 344 g/mol. The average Bonchev–Trinajstić information content (AvgIpc) is 3.26. The van der Waals surface area contributed by atoms with Gasteiger partial charge in [-0.2, -0.15) is 0 Å². The van der Waals surface area contributed by atoms with Crippen LogP contribution in [0.3, 0.4) is 0 Å². The Kier molecular flexibility index (Phi) is 4.68. The van der Waals surface area contributed by atoms with Gasteiger partial charge in [0, 0.05) is 29.1 Å². The predicted molar refractivity (Wildman–Crippen MR) is 90.6 cm³/mol. The van der Waals surface area contributed by atoms with E-state index in [1.807, 2.05) is 25.4 Å². The van der Waals surface area contributed by atoms with Crippen molar-refractivity contribution in [2.45, 2.75) is 19.5 Å². The highest BCUT2D eigenvalue weighted by Crippen LogP contribution is 2.26. The summed E-state index contributed by atoms with van der Waals surface area (Å²) in [4.78, 5) is 13.6. The highest BCUT2D eigenvalue weighted by molar-refractivity contribution is 7.09. The molecule has 7 nitrogen and oxygen atoms in total. The van der Waals surface area contributed by atoms with Gasteiger partial charge < -0.3 is 4.42 Å². The van der Waals surface area contributed by atoms with Crippen LogP contribution in [0.2, 0.25) is 0 Å². The van der Waals surface area contributed by atoms with E-state index in [1.165, 1.54) is 17.0 Å². The second-order valence-corrected chi connectivity index (χ2v) is 6.45. The molecular formula is C16H16N4O3S. The number of aromatic nitrogens is 2. The van der Waals surface area contributed by atoms with Gasteiger partial charge in [-0.3, -0.25) is 15.0 Å². The minimum atomic E-state index is -0.440. The van der Waals surface area contributed by atoms with Crippen molar-refractivity contribution in [1.82, 2.24) is 15.1 Å². The van der Waals surface area contributed by atoms with Crippen LogP contribution in [0.15, 0.2) is 46.2 Å². The van der Waals surface area contributed by atoms with Crippen molar-refractivity contribution in [3.63, 3.8) is 0 Å². The SMILES string of the molecule is C[C@H](c1nnc(-c2ccc([N+](=O)[O-])cc2)o1)N(C)Cc1cccs1. The number of nitro groups is 1. The number of non-ortho nitro benzene ring substituents is 1. The molecule has 24 heavy (non-hydrogen) atoms. The molecule has 3 aromatic rings. The molecule has 0 bridgehead atoms. The maximum atomic E-state index is 10.7. The molecule has 0 fully saturated rings. The first-order valence-electron chi connectivity index (χ1n) is 7.35. The molecule has 3 rings (SSSR count). The minimum absolute atomic E-state index is 0.0301. The molecule has 0 N–H and O–H groups in total. The number of thiophene rings is 1. The summed E-state index contributed by atoms with van der Waals surface area (Å²) in [6.45, 7) is 2.80. The Balaban J connectivity index is 1.73. The molecule has 0 aliphatic rings. The summed E-state index contributed by atoms with van der Waals surface area (Å²) >= 11 is 1.71. The van der Waals surface area contributed by atoms with Gasteiger partial charge in [0.2, 0.25) is 11.8 Å². The zero-order chi connectivity index (χ0) is 17.1. The second kappa shape index (κ2) is 6.90. The van der Waals surface area contributed by atoms with Crippen molar-refractivity contribution >= 4 is 17.0 Å². The number of hydrogen-bond donors (Lipinski definition) is 0. The fourth-order valence-electron chi connectivity index (χ4n) is 2.22. The summed E-state index contributed by atoms with van der Waals surface area (Å²) in [5.74, 6) is 0.874. The van der Waals surface area contributed by atoms with Crippen LogP contribution in [-0.4, -0.2) is 27.1 Å². The molecule has 0 spiro atoms. The highest BCUT2D eigenvalue weighted by atomic mass is 32.1. The van der Waals surface area contributed by atoms with Gasteiger partial charge in [-0.1, -0.05) is 6.07 Å². The van der Waals surface area contributed by atoms with Crippen LogP contribution in [0.1, 0.15) is 23.7 Å². The molecule has 2 aromatic heterocycles. The first-order chi connectivity index (χ1) is 11.5. The predicted octanol–water partition coefficient (Wildman–Crippen LogP) is 3.90. The van der Waals surface area contributed by atoms with Crippen molar-refractivity contribution in [3.8, 4) is 11.5 Å². The van der Waals surface area contributed by atoms with Gasteiger partial charge >= 0.3 is 0 Å². The van der Waals surface area contributed by atoms with Gasteiger partial charge in [0.25, 0.3) is 5.69 Å². The normalized spacial score (nSPS) is 12.5. The molecule has 8 heteroatoms. The third kappa shape index (κ3) is 3.50. The summed E-state index contributed by atoms with van der Waals surface area (Å²) < 4.78 is 5.74. The summed E-state index contributed by atoms with van der Waals surface area (Å²) in [5.41, 5.74) is 0.690. The number of benzene rings is 1. The van der Waals surface area contributed by atoms with E-state index in [0.29, 0.717) is 17.3 Å². The molecule has 124 valence electrons. The largest absolute Gasteiger partial charge is 0.419 e. The van der Waals surface area contributed by atoms with Gasteiger partial charge in [-0.25, -0.2) is 0 Å². The topological polar surface area (TPSA) is 85.3 Å². The molecule has 0 saturated heterocycles.